The number of primary amides is 1. The fourth-order valence-electron chi connectivity index (χ4n) is 1.67. The third-order valence-electron chi connectivity index (χ3n) is 2.77. The van der Waals surface area contributed by atoms with E-state index in [2.05, 4.69) is 0 Å². The highest BCUT2D eigenvalue weighted by atomic mass is 16.5. The van der Waals surface area contributed by atoms with Crippen LogP contribution in [0.2, 0.25) is 0 Å². The van der Waals surface area contributed by atoms with Crippen molar-refractivity contribution < 1.29 is 19.1 Å². The van der Waals surface area contributed by atoms with Crippen LogP contribution in [0.3, 0.4) is 0 Å². The molecule has 0 aliphatic heterocycles. The lowest BCUT2D eigenvalue weighted by atomic mass is 9.98. The Morgan fingerprint density at radius 1 is 1.20 bits per heavy atom. The van der Waals surface area contributed by atoms with E-state index in [1.165, 1.54) is 6.92 Å². The molecule has 3 amide bonds. The van der Waals surface area contributed by atoms with E-state index < -0.39 is 24.0 Å². The molecule has 20 heavy (non-hydrogen) atoms. The Balaban J connectivity index is 2.47. The maximum absolute atomic E-state index is 11.7. The average molecular weight is 278 g/mol. The number of ether oxygens (including phenoxy) is 1. The zero-order chi connectivity index (χ0) is 15.1. The molecule has 1 aromatic rings. The van der Waals surface area contributed by atoms with E-state index in [4.69, 9.17) is 10.5 Å². The average Bonchev–Trinajstić information content (AvgIpc) is 2.38. The number of carbonyl (C=O) groups excluding carboxylic acids is 3. The third-order valence-corrected chi connectivity index (χ3v) is 2.77. The molecule has 0 unspecified atom stereocenters. The Morgan fingerprint density at radius 3 is 2.35 bits per heavy atom. The van der Waals surface area contributed by atoms with Crippen molar-refractivity contribution in [3.8, 4) is 0 Å². The van der Waals surface area contributed by atoms with E-state index in [9.17, 15) is 14.4 Å². The van der Waals surface area contributed by atoms with Gasteiger partial charge in [-0.1, -0.05) is 37.3 Å². The smallest absolute Gasteiger partial charge is 0.318 e. The van der Waals surface area contributed by atoms with Crippen LogP contribution >= 0.6 is 0 Å². The molecule has 0 saturated heterocycles. The van der Waals surface area contributed by atoms with Gasteiger partial charge >= 0.3 is 12.0 Å². The number of nitrogens with one attached hydrogen (secondary N) is 1. The number of imide groups is 1. The molecule has 0 aromatic heterocycles. The number of nitrogens with two attached hydrogens (primary N) is 1. The summed E-state index contributed by atoms with van der Waals surface area (Å²) in [6.07, 6.45) is -0.906. The van der Waals surface area contributed by atoms with E-state index in [1.807, 2.05) is 42.6 Å². The van der Waals surface area contributed by atoms with Gasteiger partial charge in [-0.15, -0.1) is 0 Å². The topological polar surface area (TPSA) is 98.5 Å². The van der Waals surface area contributed by atoms with E-state index >= 15 is 0 Å². The van der Waals surface area contributed by atoms with Crippen LogP contribution in [-0.2, 0) is 14.3 Å². The molecule has 0 aliphatic carbocycles. The van der Waals surface area contributed by atoms with Crippen molar-refractivity contribution >= 4 is 17.9 Å². The molecule has 0 aliphatic rings. The molecule has 0 fully saturated rings. The zero-order valence-corrected chi connectivity index (χ0v) is 11.5. The van der Waals surface area contributed by atoms with Crippen molar-refractivity contribution in [2.45, 2.75) is 32.3 Å². The van der Waals surface area contributed by atoms with Crippen LogP contribution in [0.1, 0.15) is 31.7 Å². The number of carbonyl (C=O) groups is 3. The standard InChI is InChI=1S/C14H18N2O4/c1-9(11-6-4-3-5-7-11)8-12(17)20-10(2)13(18)16-14(15)19/h3-7,9-10H,8H2,1-2H3,(H3,15,16,18,19)/t9-,10-/m0/s1. The van der Waals surface area contributed by atoms with Crippen LogP contribution in [0.15, 0.2) is 30.3 Å². The quantitative estimate of drug-likeness (QED) is 0.793. The molecule has 6 heteroatoms. The molecular formula is C14H18N2O4. The Labute approximate surface area is 117 Å². The predicted octanol–water partition coefficient (Wildman–Crippen LogP) is 1.31. The van der Waals surface area contributed by atoms with E-state index in [0.29, 0.717) is 0 Å². The molecule has 0 bridgehead atoms. The predicted molar refractivity (Wildman–Crippen MR) is 72.8 cm³/mol. The van der Waals surface area contributed by atoms with Crippen LogP contribution in [0, 0.1) is 0 Å². The second-order valence-corrected chi connectivity index (χ2v) is 4.50. The molecule has 1 rings (SSSR count). The van der Waals surface area contributed by atoms with E-state index in [0.717, 1.165) is 5.56 Å². The summed E-state index contributed by atoms with van der Waals surface area (Å²) in [5, 5.41) is 1.86. The first kappa shape index (κ1) is 15.7. The maximum atomic E-state index is 11.7. The molecule has 3 N–H and O–H groups in total. The normalized spacial score (nSPS) is 13.1. The lowest BCUT2D eigenvalue weighted by molar-refractivity contribution is -0.154. The van der Waals surface area contributed by atoms with Crippen LogP contribution < -0.4 is 11.1 Å². The van der Waals surface area contributed by atoms with Crippen LogP contribution in [0.4, 0.5) is 4.79 Å². The molecule has 0 saturated carbocycles. The minimum Gasteiger partial charge on any atom is -0.453 e. The number of hydrogen-bond donors (Lipinski definition) is 2. The van der Waals surface area contributed by atoms with Gasteiger partial charge in [0.2, 0.25) is 0 Å². The van der Waals surface area contributed by atoms with Gasteiger partial charge in [0.05, 0.1) is 6.42 Å². The second kappa shape index (κ2) is 7.28. The van der Waals surface area contributed by atoms with Gasteiger partial charge < -0.3 is 10.5 Å². The van der Waals surface area contributed by atoms with Gasteiger partial charge in [0.15, 0.2) is 6.10 Å². The Morgan fingerprint density at radius 2 is 1.80 bits per heavy atom. The Bertz CT molecular complexity index is 487. The van der Waals surface area contributed by atoms with Gasteiger partial charge in [0.1, 0.15) is 0 Å². The van der Waals surface area contributed by atoms with Crippen molar-refractivity contribution in [2.75, 3.05) is 0 Å². The molecule has 0 heterocycles. The molecule has 108 valence electrons. The van der Waals surface area contributed by atoms with Crippen molar-refractivity contribution in [3.63, 3.8) is 0 Å². The van der Waals surface area contributed by atoms with Gasteiger partial charge in [-0.25, -0.2) is 4.79 Å². The highest BCUT2D eigenvalue weighted by molar-refractivity contribution is 5.96. The molecule has 1 aromatic carbocycles. The second-order valence-electron chi connectivity index (χ2n) is 4.50. The van der Waals surface area contributed by atoms with E-state index in [-0.39, 0.29) is 12.3 Å². The molecular weight excluding hydrogens is 260 g/mol. The van der Waals surface area contributed by atoms with Gasteiger partial charge in [-0.05, 0) is 18.4 Å². The van der Waals surface area contributed by atoms with Gasteiger partial charge in [0, 0.05) is 0 Å². The highest BCUT2D eigenvalue weighted by Gasteiger charge is 2.20. The van der Waals surface area contributed by atoms with Crippen molar-refractivity contribution in [1.82, 2.24) is 5.32 Å². The van der Waals surface area contributed by atoms with Crippen LogP contribution in [0.5, 0.6) is 0 Å². The zero-order valence-electron chi connectivity index (χ0n) is 11.5. The fraction of sp³-hybridized carbons (Fsp3) is 0.357. The van der Waals surface area contributed by atoms with Crippen molar-refractivity contribution in [1.29, 1.82) is 0 Å². The monoisotopic (exact) mass is 278 g/mol. The minimum absolute atomic E-state index is 0.0184. The Kier molecular flexibility index (Phi) is 5.71. The summed E-state index contributed by atoms with van der Waals surface area (Å²) in [6.45, 7) is 3.27. The summed E-state index contributed by atoms with van der Waals surface area (Å²) in [6, 6.07) is 8.53. The Hall–Kier alpha value is -2.37. The number of hydrogen-bond acceptors (Lipinski definition) is 4. The molecule has 0 spiro atoms. The highest BCUT2D eigenvalue weighted by Crippen LogP contribution is 2.19. The van der Waals surface area contributed by atoms with Crippen LogP contribution in [-0.4, -0.2) is 24.0 Å². The molecule has 6 nitrogen and oxygen atoms in total. The first-order valence-corrected chi connectivity index (χ1v) is 6.25. The largest absolute Gasteiger partial charge is 0.453 e. The minimum atomic E-state index is -1.06. The third kappa shape index (κ3) is 5.09. The summed E-state index contributed by atoms with van der Waals surface area (Å²) in [7, 11) is 0. The summed E-state index contributed by atoms with van der Waals surface area (Å²) in [5.41, 5.74) is 5.82. The SMILES string of the molecule is C[C@H](OC(=O)C[C@H](C)c1ccccc1)C(=O)NC(N)=O. The summed E-state index contributed by atoms with van der Waals surface area (Å²) >= 11 is 0. The molecule has 0 radical (unpaired) electrons. The summed E-state index contributed by atoms with van der Waals surface area (Å²) in [4.78, 5) is 33.6. The van der Waals surface area contributed by atoms with Crippen molar-refractivity contribution in [2.24, 2.45) is 5.73 Å². The first-order chi connectivity index (χ1) is 9.40. The van der Waals surface area contributed by atoms with Gasteiger partial charge in [-0.3, -0.25) is 14.9 Å². The summed E-state index contributed by atoms with van der Waals surface area (Å²) in [5.74, 6) is -1.26. The lowest BCUT2D eigenvalue weighted by Crippen LogP contribution is -2.42. The number of amides is 3. The lowest BCUT2D eigenvalue weighted by Gasteiger charge is -2.15. The molecule has 2 atom stereocenters. The summed E-state index contributed by atoms with van der Waals surface area (Å²) < 4.78 is 4.95. The number of rotatable bonds is 5. The maximum Gasteiger partial charge on any atom is 0.318 e. The van der Waals surface area contributed by atoms with E-state index in [1.54, 1.807) is 0 Å². The van der Waals surface area contributed by atoms with Gasteiger partial charge in [0.25, 0.3) is 5.91 Å². The number of urea groups is 1. The number of benzene rings is 1. The fourth-order valence-corrected chi connectivity index (χ4v) is 1.67. The van der Waals surface area contributed by atoms with Crippen LogP contribution in [0.25, 0.3) is 0 Å². The van der Waals surface area contributed by atoms with Gasteiger partial charge in [-0.2, -0.15) is 0 Å². The first-order valence-electron chi connectivity index (χ1n) is 6.25. The number of esters is 1. The van der Waals surface area contributed by atoms with Crippen molar-refractivity contribution in [3.05, 3.63) is 35.9 Å².